The van der Waals surface area contributed by atoms with Crippen LogP contribution in [-0.4, -0.2) is 4.98 Å². The van der Waals surface area contributed by atoms with Gasteiger partial charge in [0, 0.05) is 5.69 Å². The topological polar surface area (TPSA) is 32.9 Å². The minimum Gasteiger partial charge on any atom is -0.325 e. The largest absolute Gasteiger partial charge is 0.325 e. The van der Waals surface area contributed by atoms with Crippen LogP contribution in [0.15, 0.2) is 16.9 Å². The van der Waals surface area contributed by atoms with Crippen LogP contribution in [0.25, 0.3) is 0 Å². The summed E-state index contributed by atoms with van der Waals surface area (Å²) in [6.07, 6.45) is -2.74. The number of pyridine rings is 1. The van der Waals surface area contributed by atoms with E-state index < -0.39 is 17.5 Å². The highest BCUT2D eigenvalue weighted by Crippen LogP contribution is 2.13. The third-order valence-corrected chi connectivity index (χ3v) is 1.67. The summed E-state index contributed by atoms with van der Waals surface area (Å²) in [5, 5.41) is 0. The van der Waals surface area contributed by atoms with Crippen LogP contribution in [0.4, 0.5) is 8.78 Å². The van der Waals surface area contributed by atoms with Crippen molar-refractivity contribution in [1.29, 1.82) is 0 Å². The predicted octanol–water partition coefficient (Wildman–Crippen LogP) is 2.05. The monoisotopic (exact) mass is 193 g/mol. The molecule has 0 saturated carbocycles. The fourth-order valence-electron chi connectivity index (χ4n) is 0.776. The summed E-state index contributed by atoms with van der Waals surface area (Å²) in [7, 11) is 0. The van der Waals surface area contributed by atoms with E-state index in [0.29, 0.717) is 5.69 Å². The molecule has 1 aromatic rings. The van der Waals surface area contributed by atoms with Crippen molar-refractivity contribution in [2.24, 2.45) is 0 Å². The van der Waals surface area contributed by atoms with Gasteiger partial charge in [0.05, 0.1) is 11.4 Å². The standard InChI is InChI=1S/C7H6ClF2NO/c8-3-4-1-2-5(6(9)10)7(12)11-4/h1-2,6H,3H2,(H,11,12). The Morgan fingerprint density at radius 2 is 2.17 bits per heavy atom. The maximum Gasteiger partial charge on any atom is 0.269 e. The molecule has 1 N–H and O–H groups in total. The van der Waals surface area contributed by atoms with Crippen molar-refractivity contribution >= 4 is 11.6 Å². The number of alkyl halides is 3. The second-order valence-corrected chi connectivity index (χ2v) is 2.47. The van der Waals surface area contributed by atoms with Gasteiger partial charge in [0.15, 0.2) is 0 Å². The molecule has 0 amide bonds. The minimum absolute atomic E-state index is 0.110. The second kappa shape index (κ2) is 3.67. The van der Waals surface area contributed by atoms with Crippen LogP contribution in [0.5, 0.6) is 0 Å². The van der Waals surface area contributed by atoms with Gasteiger partial charge in [-0.2, -0.15) is 0 Å². The molecule has 0 radical (unpaired) electrons. The average molecular weight is 194 g/mol. The van der Waals surface area contributed by atoms with Gasteiger partial charge in [-0.05, 0) is 12.1 Å². The summed E-state index contributed by atoms with van der Waals surface area (Å²) in [6, 6.07) is 2.46. The maximum atomic E-state index is 12.0. The second-order valence-electron chi connectivity index (χ2n) is 2.20. The average Bonchev–Trinajstić information content (AvgIpc) is 2.03. The first kappa shape index (κ1) is 9.19. The van der Waals surface area contributed by atoms with Crippen molar-refractivity contribution in [2.75, 3.05) is 0 Å². The van der Waals surface area contributed by atoms with E-state index >= 15 is 0 Å². The molecule has 1 heterocycles. The highest BCUT2D eigenvalue weighted by Gasteiger charge is 2.11. The lowest BCUT2D eigenvalue weighted by Gasteiger charge is -1.99. The summed E-state index contributed by atoms with van der Waals surface area (Å²) in [5.74, 6) is 0.110. The van der Waals surface area contributed by atoms with Gasteiger partial charge in [-0.3, -0.25) is 4.79 Å². The lowest BCUT2D eigenvalue weighted by molar-refractivity contribution is 0.149. The fraction of sp³-hybridized carbons (Fsp3) is 0.286. The van der Waals surface area contributed by atoms with Crippen LogP contribution in [0.2, 0.25) is 0 Å². The summed E-state index contributed by atoms with van der Waals surface area (Å²) in [5.41, 5.74) is -0.863. The first-order chi connectivity index (χ1) is 5.65. The molecule has 0 saturated heterocycles. The smallest absolute Gasteiger partial charge is 0.269 e. The van der Waals surface area contributed by atoms with E-state index in [1.807, 2.05) is 0 Å². The highest BCUT2D eigenvalue weighted by molar-refractivity contribution is 6.16. The van der Waals surface area contributed by atoms with Crippen LogP contribution in [-0.2, 0) is 5.88 Å². The summed E-state index contributed by atoms with van der Waals surface area (Å²) < 4.78 is 24.0. The zero-order chi connectivity index (χ0) is 9.14. The van der Waals surface area contributed by atoms with E-state index in [-0.39, 0.29) is 5.88 Å². The van der Waals surface area contributed by atoms with E-state index in [1.165, 1.54) is 6.07 Å². The molecule has 0 spiro atoms. The van der Waals surface area contributed by atoms with Gasteiger partial charge in [0.25, 0.3) is 12.0 Å². The van der Waals surface area contributed by atoms with Crippen LogP contribution in [0.3, 0.4) is 0 Å². The molecular formula is C7H6ClF2NO. The van der Waals surface area contributed by atoms with E-state index in [0.717, 1.165) is 6.07 Å². The molecule has 12 heavy (non-hydrogen) atoms. The molecule has 0 unspecified atom stereocenters. The zero-order valence-electron chi connectivity index (χ0n) is 5.98. The Labute approximate surface area is 72.2 Å². The Hall–Kier alpha value is -0.900. The van der Waals surface area contributed by atoms with Crippen molar-refractivity contribution < 1.29 is 8.78 Å². The Bertz CT molecular complexity index is 323. The Morgan fingerprint density at radius 1 is 1.50 bits per heavy atom. The van der Waals surface area contributed by atoms with Crippen LogP contribution in [0.1, 0.15) is 17.7 Å². The van der Waals surface area contributed by atoms with Gasteiger partial charge in [0.1, 0.15) is 0 Å². The molecule has 5 heteroatoms. The van der Waals surface area contributed by atoms with Crippen LogP contribution >= 0.6 is 11.6 Å². The maximum absolute atomic E-state index is 12.0. The zero-order valence-corrected chi connectivity index (χ0v) is 6.74. The van der Waals surface area contributed by atoms with Crippen LogP contribution < -0.4 is 5.56 Å². The van der Waals surface area contributed by atoms with E-state index in [9.17, 15) is 13.6 Å². The molecular weight excluding hydrogens is 188 g/mol. The minimum atomic E-state index is -2.74. The number of H-pyrrole nitrogens is 1. The predicted molar refractivity (Wildman–Crippen MR) is 41.6 cm³/mol. The van der Waals surface area contributed by atoms with Gasteiger partial charge in [-0.15, -0.1) is 11.6 Å². The number of aromatic nitrogens is 1. The summed E-state index contributed by atoms with van der Waals surface area (Å²) in [4.78, 5) is 13.1. The highest BCUT2D eigenvalue weighted by atomic mass is 35.5. The van der Waals surface area contributed by atoms with Crippen LogP contribution in [0, 0.1) is 0 Å². The van der Waals surface area contributed by atoms with Crippen molar-refractivity contribution in [3.05, 3.63) is 33.7 Å². The third kappa shape index (κ3) is 1.82. The third-order valence-electron chi connectivity index (χ3n) is 1.38. The van der Waals surface area contributed by atoms with Crippen molar-refractivity contribution in [1.82, 2.24) is 4.98 Å². The van der Waals surface area contributed by atoms with E-state index in [4.69, 9.17) is 11.6 Å². The first-order valence-electron chi connectivity index (χ1n) is 3.21. The number of hydrogen-bond acceptors (Lipinski definition) is 1. The fourth-order valence-corrected chi connectivity index (χ4v) is 0.931. The van der Waals surface area contributed by atoms with Gasteiger partial charge in [0.2, 0.25) is 0 Å². The van der Waals surface area contributed by atoms with E-state index in [1.54, 1.807) is 0 Å². The number of hydrogen-bond donors (Lipinski definition) is 1. The molecule has 0 aliphatic rings. The van der Waals surface area contributed by atoms with Gasteiger partial charge in [-0.25, -0.2) is 8.78 Å². The molecule has 1 rings (SSSR count). The SMILES string of the molecule is O=c1[nH]c(CCl)ccc1C(F)F. The molecule has 0 aromatic carbocycles. The quantitative estimate of drug-likeness (QED) is 0.717. The number of aromatic amines is 1. The molecule has 1 aromatic heterocycles. The Morgan fingerprint density at radius 3 is 2.58 bits per heavy atom. The van der Waals surface area contributed by atoms with Crippen molar-refractivity contribution in [3.8, 4) is 0 Å². The summed E-state index contributed by atoms with van der Waals surface area (Å²) >= 11 is 5.37. The first-order valence-corrected chi connectivity index (χ1v) is 3.75. The van der Waals surface area contributed by atoms with Gasteiger partial charge in [-0.1, -0.05) is 0 Å². The molecule has 66 valence electrons. The van der Waals surface area contributed by atoms with E-state index in [2.05, 4.69) is 4.98 Å². The summed E-state index contributed by atoms with van der Waals surface area (Å²) in [6.45, 7) is 0. The molecule has 0 aliphatic heterocycles. The lowest BCUT2D eigenvalue weighted by Crippen LogP contribution is -2.13. The van der Waals surface area contributed by atoms with Gasteiger partial charge < -0.3 is 4.98 Å². The molecule has 0 aliphatic carbocycles. The number of rotatable bonds is 2. The molecule has 0 atom stereocenters. The van der Waals surface area contributed by atoms with Gasteiger partial charge >= 0.3 is 0 Å². The number of nitrogens with one attached hydrogen (secondary N) is 1. The molecule has 0 bridgehead atoms. The lowest BCUT2D eigenvalue weighted by atomic mass is 10.2. The molecule has 2 nitrogen and oxygen atoms in total. The van der Waals surface area contributed by atoms with Crippen molar-refractivity contribution in [2.45, 2.75) is 12.3 Å². The molecule has 0 fully saturated rings. The van der Waals surface area contributed by atoms with Crippen molar-refractivity contribution in [3.63, 3.8) is 0 Å². The normalized spacial score (nSPS) is 10.7. The number of halogens is 3. The Kier molecular flexibility index (Phi) is 2.81. The Balaban J connectivity index is 3.12.